The maximum atomic E-state index is 12.8. The van der Waals surface area contributed by atoms with Crippen molar-refractivity contribution in [2.45, 2.75) is 0 Å². The van der Waals surface area contributed by atoms with Crippen LogP contribution in [0.4, 0.5) is 16.0 Å². The van der Waals surface area contributed by atoms with Crippen LogP contribution in [0.15, 0.2) is 30.6 Å². The van der Waals surface area contributed by atoms with Crippen LogP contribution in [0, 0.1) is 5.82 Å². The predicted molar refractivity (Wildman–Crippen MR) is 58.6 cm³/mol. The van der Waals surface area contributed by atoms with E-state index in [-0.39, 0.29) is 17.2 Å². The molecule has 0 aliphatic carbocycles. The molecular formula is C10H8FN5O. The molecule has 1 amide bonds. The number of halogens is 1. The van der Waals surface area contributed by atoms with Crippen molar-refractivity contribution in [3.05, 3.63) is 42.0 Å². The first kappa shape index (κ1) is 10.9. The van der Waals surface area contributed by atoms with Crippen LogP contribution in [0.3, 0.4) is 0 Å². The van der Waals surface area contributed by atoms with Crippen LogP contribution in [-0.2, 0) is 0 Å². The van der Waals surface area contributed by atoms with Gasteiger partial charge in [-0.15, -0.1) is 5.10 Å². The van der Waals surface area contributed by atoms with E-state index < -0.39 is 11.7 Å². The second-order valence-corrected chi connectivity index (χ2v) is 3.15. The van der Waals surface area contributed by atoms with Gasteiger partial charge in [0, 0.05) is 5.69 Å². The summed E-state index contributed by atoms with van der Waals surface area (Å²) in [5.41, 5.74) is 5.72. The Morgan fingerprint density at radius 2 is 2.18 bits per heavy atom. The number of anilines is 2. The first-order chi connectivity index (χ1) is 8.16. The SMILES string of the molecule is Nc1cc(F)ccc1C(=O)Nc1nccnn1. The Labute approximate surface area is 95.7 Å². The Bertz CT molecular complexity index is 546. The van der Waals surface area contributed by atoms with Gasteiger partial charge < -0.3 is 5.73 Å². The van der Waals surface area contributed by atoms with Crippen LogP contribution in [0.2, 0.25) is 0 Å². The molecule has 17 heavy (non-hydrogen) atoms. The topological polar surface area (TPSA) is 93.8 Å². The van der Waals surface area contributed by atoms with Crippen LogP contribution in [0.5, 0.6) is 0 Å². The summed E-state index contributed by atoms with van der Waals surface area (Å²) in [4.78, 5) is 15.5. The van der Waals surface area contributed by atoms with Crippen LogP contribution < -0.4 is 11.1 Å². The number of amides is 1. The Hall–Kier alpha value is -2.57. The molecule has 6 nitrogen and oxygen atoms in total. The summed E-state index contributed by atoms with van der Waals surface area (Å²) >= 11 is 0. The van der Waals surface area contributed by atoms with Gasteiger partial charge in [-0.2, -0.15) is 5.10 Å². The summed E-state index contributed by atoms with van der Waals surface area (Å²) in [6.45, 7) is 0. The molecule has 86 valence electrons. The van der Waals surface area contributed by atoms with E-state index >= 15 is 0 Å². The summed E-state index contributed by atoms with van der Waals surface area (Å²) < 4.78 is 12.8. The number of carbonyl (C=O) groups excluding carboxylic acids is 1. The number of rotatable bonds is 2. The van der Waals surface area contributed by atoms with Crippen LogP contribution in [0.1, 0.15) is 10.4 Å². The van der Waals surface area contributed by atoms with Gasteiger partial charge in [0.15, 0.2) is 0 Å². The Kier molecular flexibility index (Phi) is 2.91. The molecular weight excluding hydrogens is 225 g/mol. The lowest BCUT2D eigenvalue weighted by atomic mass is 10.1. The zero-order valence-electron chi connectivity index (χ0n) is 8.59. The molecule has 1 aromatic heterocycles. The van der Waals surface area contributed by atoms with Crippen LogP contribution >= 0.6 is 0 Å². The van der Waals surface area contributed by atoms with E-state index in [1.807, 2.05) is 0 Å². The highest BCUT2D eigenvalue weighted by molar-refractivity contribution is 6.06. The zero-order valence-corrected chi connectivity index (χ0v) is 8.59. The fourth-order valence-corrected chi connectivity index (χ4v) is 1.21. The first-order valence-electron chi connectivity index (χ1n) is 4.67. The van der Waals surface area contributed by atoms with Crippen molar-refractivity contribution >= 4 is 17.5 Å². The van der Waals surface area contributed by atoms with Gasteiger partial charge in [-0.1, -0.05) is 0 Å². The second kappa shape index (κ2) is 4.52. The fourth-order valence-electron chi connectivity index (χ4n) is 1.21. The monoisotopic (exact) mass is 233 g/mol. The molecule has 0 aliphatic rings. The molecule has 0 spiro atoms. The molecule has 1 aromatic carbocycles. The molecule has 0 radical (unpaired) electrons. The minimum Gasteiger partial charge on any atom is -0.398 e. The van der Waals surface area contributed by atoms with E-state index in [2.05, 4.69) is 20.5 Å². The van der Waals surface area contributed by atoms with E-state index in [0.29, 0.717) is 0 Å². The van der Waals surface area contributed by atoms with Crippen molar-refractivity contribution in [1.29, 1.82) is 0 Å². The lowest BCUT2D eigenvalue weighted by Crippen LogP contribution is -2.16. The number of nitrogens with two attached hydrogens (primary N) is 1. The number of aromatic nitrogens is 3. The Morgan fingerprint density at radius 3 is 2.82 bits per heavy atom. The summed E-state index contributed by atoms with van der Waals surface area (Å²) in [7, 11) is 0. The van der Waals surface area contributed by atoms with Crippen LogP contribution in [-0.4, -0.2) is 21.1 Å². The average molecular weight is 233 g/mol. The third kappa shape index (κ3) is 2.51. The van der Waals surface area contributed by atoms with E-state index in [1.165, 1.54) is 18.5 Å². The highest BCUT2D eigenvalue weighted by atomic mass is 19.1. The molecule has 0 saturated carbocycles. The van der Waals surface area contributed by atoms with Crippen molar-refractivity contribution < 1.29 is 9.18 Å². The minimum absolute atomic E-state index is 0.0476. The zero-order chi connectivity index (χ0) is 12.3. The molecule has 0 fully saturated rings. The number of hydrogen-bond acceptors (Lipinski definition) is 5. The second-order valence-electron chi connectivity index (χ2n) is 3.15. The highest BCUT2D eigenvalue weighted by Gasteiger charge is 2.11. The van der Waals surface area contributed by atoms with Crippen molar-refractivity contribution in [2.24, 2.45) is 0 Å². The molecule has 7 heteroatoms. The van der Waals surface area contributed by atoms with E-state index in [4.69, 9.17) is 5.73 Å². The van der Waals surface area contributed by atoms with Gasteiger partial charge in [0.25, 0.3) is 5.91 Å². The normalized spacial score (nSPS) is 9.94. The first-order valence-corrected chi connectivity index (χ1v) is 4.67. The molecule has 2 rings (SSSR count). The standard InChI is InChI=1S/C10H8FN5O/c11-6-1-2-7(8(12)5-6)9(17)15-10-13-3-4-14-16-10/h1-5H,12H2,(H,13,15,16,17). The molecule has 2 aromatic rings. The molecule has 1 heterocycles. The van der Waals surface area contributed by atoms with Gasteiger partial charge in [0.05, 0.1) is 18.0 Å². The number of nitrogen functional groups attached to an aromatic ring is 1. The molecule has 0 saturated heterocycles. The van der Waals surface area contributed by atoms with Crippen molar-refractivity contribution in [2.75, 3.05) is 11.1 Å². The van der Waals surface area contributed by atoms with Crippen molar-refractivity contribution in [1.82, 2.24) is 15.2 Å². The quantitative estimate of drug-likeness (QED) is 0.750. The van der Waals surface area contributed by atoms with E-state index in [1.54, 1.807) is 0 Å². The fraction of sp³-hybridized carbons (Fsp3) is 0. The maximum absolute atomic E-state index is 12.8. The van der Waals surface area contributed by atoms with E-state index in [0.717, 1.165) is 12.1 Å². The maximum Gasteiger partial charge on any atom is 0.260 e. The minimum atomic E-state index is -0.518. The van der Waals surface area contributed by atoms with Gasteiger partial charge in [-0.05, 0) is 18.2 Å². The largest absolute Gasteiger partial charge is 0.398 e. The van der Waals surface area contributed by atoms with Gasteiger partial charge in [-0.3, -0.25) is 10.1 Å². The molecule has 0 unspecified atom stereocenters. The summed E-state index contributed by atoms with van der Waals surface area (Å²) in [6, 6.07) is 3.50. The average Bonchev–Trinajstić information content (AvgIpc) is 2.30. The number of carbonyl (C=O) groups is 1. The molecule has 0 bridgehead atoms. The third-order valence-corrected chi connectivity index (χ3v) is 1.97. The summed E-state index contributed by atoms with van der Waals surface area (Å²) in [6.07, 6.45) is 2.76. The summed E-state index contributed by atoms with van der Waals surface area (Å²) in [5.74, 6) is -0.964. The lowest BCUT2D eigenvalue weighted by Gasteiger charge is -2.05. The number of nitrogens with zero attached hydrogens (tertiary/aromatic N) is 3. The van der Waals surface area contributed by atoms with E-state index in [9.17, 15) is 9.18 Å². The highest BCUT2D eigenvalue weighted by Crippen LogP contribution is 2.14. The number of benzene rings is 1. The van der Waals surface area contributed by atoms with Gasteiger partial charge in [0.2, 0.25) is 5.95 Å². The Balaban J connectivity index is 2.21. The van der Waals surface area contributed by atoms with Crippen LogP contribution in [0.25, 0.3) is 0 Å². The van der Waals surface area contributed by atoms with Gasteiger partial charge in [-0.25, -0.2) is 9.37 Å². The number of nitrogens with one attached hydrogen (secondary N) is 1. The number of hydrogen-bond donors (Lipinski definition) is 2. The molecule has 0 atom stereocenters. The molecule has 3 N–H and O–H groups in total. The lowest BCUT2D eigenvalue weighted by molar-refractivity contribution is 0.102. The van der Waals surface area contributed by atoms with Crippen molar-refractivity contribution in [3.8, 4) is 0 Å². The summed E-state index contributed by atoms with van der Waals surface area (Å²) in [5, 5.41) is 9.53. The smallest absolute Gasteiger partial charge is 0.260 e. The molecule has 0 aliphatic heterocycles. The van der Waals surface area contributed by atoms with Crippen molar-refractivity contribution in [3.63, 3.8) is 0 Å². The third-order valence-electron chi connectivity index (χ3n) is 1.97. The Morgan fingerprint density at radius 1 is 1.35 bits per heavy atom. The van der Waals surface area contributed by atoms with Gasteiger partial charge in [0.1, 0.15) is 5.82 Å². The predicted octanol–water partition coefficient (Wildman–Crippen LogP) is 0.845. The van der Waals surface area contributed by atoms with Gasteiger partial charge >= 0.3 is 0 Å².